The third kappa shape index (κ3) is 2.44. The number of ether oxygens (including phenoxy) is 2. The Morgan fingerprint density at radius 3 is 2.48 bits per heavy atom. The monoisotopic (exact) mass is 302 g/mol. The smallest absolute Gasteiger partial charge is 0.203 e. The lowest BCUT2D eigenvalue weighted by Crippen LogP contribution is -2.03. The molecule has 0 saturated carbocycles. The predicted octanol–water partition coefficient (Wildman–Crippen LogP) is 3.79. The topological polar surface area (TPSA) is 35.5 Å². The number of aryl methyl sites for hydroxylation is 3. The Balaban J connectivity index is 2.00. The minimum Gasteiger partial charge on any atom is -0.493 e. The van der Waals surface area contributed by atoms with E-state index in [2.05, 4.69) is 6.07 Å². The summed E-state index contributed by atoms with van der Waals surface area (Å²) in [5.41, 5.74) is 2.94. The number of carbonyl (C=O) groups excluding carboxylic acids is 1. The van der Waals surface area contributed by atoms with E-state index in [4.69, 9.17) is 9.47 Å². The zero-order valence-corrected chi connectivity index (χ0v) is 13.3. The fraction of sp³-hybridized carbons (Fsp3) is 0.353. The number of hydrogen-bond donors (Lipinski definition) is 0. The zero-order chi connectivity index (χ0) is 15.0. The molecule has 0 N–H and O–H groups in total. The normalized spacial score (nSPS) is 13.1. The summed E-state index contributed by atoms with van der Waals surface area (Å²) < 4.78 is 10.6. The lowest BCUT2D eigenvalue weighted by molar-refractivity contribution is 0.104. The molecule has 2 aromatic rings. The van der Waals surface area contributed by atoms with Crippen LogP contribution in [0.15, 0.2) is 18.2 Å². The van der Waals surface area contributed by atoms with Crippen LogP contribution in [0.5, 0.6) is 11.5 Å². The molecule has 0 atom stereocenters. The van der Waals surface area contributed by atoms with Crippen LogP contribution in [0.25, 0.3) is 0 Å². The SMILES string of the molecule is COc1cc(C)c(C(=O)c2cc3c(s2)CCC3)cc1OC. The van der Waals surface area contributed by atoms with Crippen molar-refractivity contribution in [3.63, 3.8) is 0 Å². The first kappa shape index (κ1) is 14.1. The van der Waals surface area contributed by atoms with Crippen LogP contribution in [0, 0.1) is 6.92 Å². The number of fused-ring (bicyclic) bond motifs is 1. The fourth-order valence-corrected chi connectivity index (χ4v) is 4.01. The minimum absolute atomic E-state index is 0.0767. The highest BCUT2D eigenvalue weighted by molar-refractivity contribution is 7.14. The Hall–Kier alpha value is -1.81. The average Bonchev–Trinajstić information content (AvgIpc) is 3.07. The molecule has 3 nitrogen and oxygen atoms in total. The number of thiophene rings is 1. The summed E-state index contributed by atoms with van der Waals surface area (Å²) in [4.78, 5) is 15.0. The van der Waals surface area contributed by atoms with Crippen LogP contribution in [-0.2, 0) is 12.8 Å². The van der Waals surface area contributed by atoms with Gasteiger partial charge in [-0.15, -0.1) is 11.3 Å². The molecule has 3 rings (SSSR count). The molecule has 0 saturated heterocycles. The summed E-state index contributed by atoms with van der Waals surface area (Å²) in [6, 6.07) is 5.69. The first-order valence-corrected chi connectivity index (χ1v) is 7.84. The van der Waals surface area contributed by atoms with Crippen molar-refractivity contribution in [1.29, 1.82) is 0 Å². The molecule has 4 heteroatoms. The second-order valence-electron chi connectivity index (χ2n) is 5.26. The van der Waals surface area contributed by atoms with Crippen LogP contribution in [0.4, 0.5) is 0 Å². The molecule has 21 heavy (non-hydrogen) atoms. The average molecular weight is 302 g/mol. The molecule has 1 aromatic heterocycles. The molecule has 0 unspecified atom stereocenters. The molecule has 0 spiro atoms. The van der Waals surface area contributed by atoms with E-state index < -0.39 is 0 Å². The number of benzene rings is 1. The quantitative estimate of drug-likeness (QED) is 0.806. The molecule has 1 aliphatic carbocycles. The molecule has 0 radical (unpaired) electrons. The van der Waals surface area contributed by atoms with Gasteiger partial charge in [0.25, 0.3) is 0 Å². The van der Waals surface area contributed by atoms with Gasteiger partial charge in [0.2, 0.25) is 5.78 Å². The first-order valence-electron chi connectivity index (χ1n) is 7.03. The summed E-state index contributed by atoms with van der Waals surface area (Å²) in [5, 5.41) is 0. The van der Waals surface area contributed by atoms with Gasteiger partial charge in [-0.05, 0) is 55.5 Å². The summed E-state index contributed by atoms with van der Waals surface area (Å²) in [6.45, 7) is 1.93. The molecular formula is C17H18O3S. The van der Waals surface area contributed by atoms with Crippen LogP contribution in [0.3, 0.4) is 0 Å². The van der Waals surface area contributed by atoms with E-state index in [1.807, 2.05) is 13.0 Å². The second-order valence-corrected chi connectivity index (χ2v) is 6.40. The van der Waals surface area contributed by atoms with E-state index in [1.54, 1.807) is 31.6 Å². The number of hydrogen-bond acceptors (Lipinski definition) is 4. The molecule has 1 aromatic carbocycles. The predicted molar refractivity (Wildman–Crippen MR) is 84.1 cm³/mol. The summed E-state index contributed by atoms with van der Waals surface area (Å²) >= 11 is 1.64. The Morgan fingerprint density at radius 2 is 1.81 bits per heavy atom. The van der Waals surface area contributed by atoms with Gasteiger partial charge < -0.3 is 9.47 Å². The van der Waals surface area contributed by atoms with Gasteiger partial charge in [-0.3, -0.25) is 4.79 Å². The van der Waals surface area contributed by atoms with Crippen molar-refractivity contribution in [3.05, 3.63) is 44.6 Å². The van der Waals surface area contributed by atoms with Crippen molar-refractivity contribution < 1.29 is 14.3 Å². The van der Waals surface area contributed by atoms with Gasteiger partial charge in [-0.25, -0.2) is 0 Å². The second kappa shape index (κ2) is 5.53. The summed E-state index contributed by atoms with van der Waals surface area (Å²) in [5.74, 6) is 1.32. The lowest BCUT2D eigenvalue weighted by atomic mass is 10.0. The molecule has 0 fully saturated rings. The van der Waals surface area contributed by atoms with Gasteiger partial charge in [-0.1, -0.05) is 0 Å². The van der Waals surface area contributed by atoms with Crippen molar-refractivity contribution in [1.82, 2.24) is 0 Å². The highest BCUT2D eigenvalue weighted by Gasteiger charge is 2.21. The van der Waals surface area contributed by atoms with Crippen molar-refractivity contribution in [3.8, 4) is 11.5 Å². The first-order chi connectivity index (χ1) is 10.1. The van der Waals surface area contributed by atoms with E-state index in [1.165, 1.54) is 16.9 Å². The Bertz CT molecular complexity index is 679. The highest BCUT2D eigenvalue weighted by atomic mass is 32.1. The van der Waals surface area contributed by atoms with E-state index >= 15 is 0 Å². The summed E-state index contributed by atoms with van der Waals surface area (Å²) in [7, 11) is 3.18. The van der Waals surface area contributed by atoms with Crippen LogP contribution >= 0.6 is 11.3 Å². The molecule has 0 bridgehead atoms. The van der Waals surface area contributed by atoms with Gasteiger partial charge in [0.15, 0.2) is 11.5 Å². The maximum absolute atomic E-state index is 12.8. The molecule has 0 aliphatic heterocycles. The Labute approximate surface area is 128 Å². The summed E-state index contributed by atoms with van der Waals surface area (Å²) in [6.07, 6.45) is 3.42. The molecule has 110 valence electrons. The Kier molecular flexibility index (Phi) is 3.72. The van der Waals surface area contributed by atoms with Crippen molar-refractivity contribution >= 4 is 17.1 Å². The van der Waals surface area contributed by atoms with Crippen molar-refractivity contribution in [2.45, 2.75) is 26.2 Å². The van der Waals surface area contributed by atoms with E-state index in [9.17, 15) is 4.79 Å². The number of ketones is 1. The lowest BCUT2D eigenvalue weighted by Gasteiger charge is -2.11. The van der Waals surface area contributed by atoms with E-state index in [-0.39, 0.29) is 5.78 Å². The molecular weight excluding hydrogens is 284 g/mol. The van der Waals surface area contributed by atoms with Crippen molar-refractivity contribution in [2.24, 2.45) is 0 Å². The van der Waals surface area contributed by atoms with Gasteiger partial charge >= 0.3 is 0 Å². The standard InChI is InChI=1S/C17H18O3S/c1-10-7-13(19-2)14(20-3)9-12(10)17(18)16-8-11-5-4-6-15(11)21-16/h7-9H,4-6H2,1-3H3. The zero-order valence-electron chi connectivity index (χ0n) is 12.5. The van der Waals surface area contributed by atoms with E-state index in [0.717, 1.165) is 23.3 Å². The number of carbonyl (C=O) groups is 1. The number of methoxy groups -OCH3 is 2. The van der Waals surface area contributed by atoms with Crippen LogP contribution in [0.1, 0.15) is 37.7 Å². The number of rotatable bonds is 4. The maximum Gasteiger partial charge on any atom is 0.203 e. The molecule has 0 amide bonds. The van der Waals surface area contributed by atoms with Gasteiger partial charge in [0, 0.05) is 10.4 Å². The Morgan fingerprint density at radius 1 is 1.10 bits per heavy atom. The maximum atomic E-state index is 12.8. The fourth-order valence-electron chi connectivity index (χ4n) is 2.80. The van der Waals surface area contributed by atoms with Crippen LogP contribution < -0.4 is 9.47 Å². The van der Waals surface area contributed by atoms with Crippen LogP contribution in [0.2, 0.25) is 0 Å². The molecule has 1 aliphatic rings. The van der Waals surface area contributed by atoms with Gasteiger partial charge in [0.05, 0.1) is 19.1 Å². The van der Waals surface area contributed by atoms with Crippen molar-refractivity contribution in [2.75, 3.05) is 14.2 Å². The van der Waals surface area contributed by atoms with E-state index in [0.29, 0.717) is 17.1 Å². The largest absolute Gasteiger partial charge is 0.493 e. The highest BCUT2D eigenvalue weighted by Crippen LogP contribution is 2.35. The third-order valence-corrected chi connectivity index (χ3v) is 5.18. The molecule has 1 heterocycles. The third-order valence-electron chi connectivity index (χ3n) is 3.95. The minimum atomic E-state index is 0.0767. The van der Waals surface area contributed by atoms with Gasteiger partial charge in [0.1, 0.15) is 0 Å². The van der Waals surface area contributed by atoms with Gasteiger partial charge in [-0.2, -0.15) is 0 Å². The van der Waals surface area contributed by atoms with Crippen LogP contribution in [-0.4, -0.2) is 20.0 Å².